The molecule has 0 aliphatic carbocycles. The van der Waals surface area contributed by atoms with Crippen LogP contribution in [0, 0.1) is 0 Å². The number of carboxylic acid groups (broad SMARTS) is 1. The van der Waals surface area contributed by atoms with Gasteiger partial charge in [-0.1, -0.05) is 190 Å². The Morgan fingerprint density at radius 3 is 1.37 bits per heavy atom. The van der Waals surface area contributed by atoms with Crippen LogP contribution >= 0.6 is 0 Å². The fraction of sp³-hybridized carbons (Fsp3) is 0.750. The highest BCUT2D eigenvalue weighted by Crippen LogP contribution is 2.15. The van der Waals surface area contributed by atoms with Crippen LogP contribution in [0.15, 0.2) is 60.8 Å². The molecule has 0 bridgehead atoms. The second kappa shape index (κ2) is 42.7. The predicted octanol–water partition coefficient (Wildman–Crippen LogP) is 12.4. The summed E-state index contributed by atoms with van der Waals surface area (Å²) in [4.78, 5) is 36.9. The summed E-state index contributed by atoms with van der Waals surface area (Å²) in [5.41, 5.74) is 0. The summed E-state index contributed by atoms with van der Waals surface area (Å²) in [5, 5.41) is 11.6. The van der Waals surface area contributed by atoms with E-state index < -0.39 is 18.1 Å². The SMILES string of the molecule is CC/C=C/C/C=C/C/C=C/C/C=C/C/C=C/CCCC(=O)OC(COCCC(C(=O)[O-])[N+](C)(C)C)COC(=O)CCCCCCCCCCCCCCCCCCCCC. The zero-order valence-corrected chi connectivity index (χ0v) is 39.4. The molecule has 0 N–H and O–H groups in total. The second-order valence-electron chi connectivity index (χ2n) is 17.3. The Balaban J connectivity index is 4.34. The van der Waals surface area contributed by atoms with Crippen molar-refractivity contribution in [2.75, 3.05) is 41.0 Å². The largest absolute Gasteiger partial charge is 0.544 e. The quantitative estimate of drug-likeness (QED) is 0.0261. The standard InChI is InChI=1S/C52H91NO7/c1-6-8-10-12-14-16-18-20-22-24-25-27-28-30-32-34-36-38-40-42-50(54)59-47-48(46-58-45-44-49(52(56)57)53(3,4)5)60-51(55)43-41-39-37-35-33-31-29-26-23-21-19-17-15-13-11-9-7-2/h9,11,15,17,21,23,29,31,35,37,48-49H,6-8,10,12-14,16,18-20,22,24-28,30,32-34,36,38-47H2,1-5H3/b11-9+,17-15+,23-21+,31-29+,37-35+. The molecule has 0 aromatic rings. The van der Waals surface area contributed by atoms with Gasteiger partial charge in [-0.15, -0.1) is 0 Å². The number of carbonyl (C=O) groups is 3. The van der Waals surface area contributed by atoms with Crippen molar-refractivity contribution in [2.24, 2.45) is 0 Å². The molecule has 60 heavy (non-hydrogen) atoms. The number of hydrogen-bond donors (Lipinski definition) is 0. The third-order valence-electron chi connectivity index (χ3n) is 10.7. The number of quaternary nitrogens is 1. The van der Waals surface area contributed by atoms with Gasteiger partial charge in [0.2, 0.25) is 0 Å². The van der Waals surface area contributed by atoms with E-state index in [-0.39, 0.29) is 49.1 Å². The summed E-state index contributed by atoms with van der Waals surface area (Å²) in [5.74, 6) is -1.81. The lowest BCUT2D eigenvalue weighted by molar-refractivity contribution is -0.889. The maximum Gasteiger partial charge on any atom is 0.306 e. The van der Waals surface area contributed by atoms with Crippen LogP contribution in [-0.2, 0) is 28.6 Å². The van der Waals surface area contributed by atoms with E-state index in [0.29, 0.717) is 12.8 Å². The lowest BCUT2D eigenvalue weighted by Crippen LogP contribution is -2.55. The molecule has 0 spiro atoms. The molecule has 0 saturated heterocycles. The minimum Gasteiger partial charge on any atom is -0.544 e. The fourth-order valence-electron chi connectivity index (χ4n) is 6.93. The van der Waals surface area contributed by atoms with Crippen LogP contribution < -0.4 is 5.11 Å². The normalized spacial score (nSPS) is 13.4. The highest BCUT2D eigenvalue weighted by atomic mass is 16.6. The zero-order valence-electron chi connectivity index (χ0n) is 39.4. The number of unbranched alkanes of at least 4 members (excludes halogenated alkanes) is 19. The van der Waals surface area contributed by atoms with Crippen molar-refractivity contribution in [3.8, 4) is 0 Å². The number of ether oxygens (including phenoxy) is 3. The van der Waals surface area contributed by atoms with Gasteiger partial charge in [-0.3, -0.25) is 9.59 Å². The van der Waals surface area contributed by atoms with E-state index in [1.54, 1.807) is 21.1 Å². The first-order chi connectivity index (χ1) is 29.1. The Morgan fingerprint density at radius 1 is 0.517 bits per heavy atom. The number of rotatable bonds is 43. The molecule has 8 heteroatoms. The monoisotopic (exact) mass is 842 g/mol. The molecule has 0 rings (SSSR count). The van der Waals surface area contributed by atoms with Crippen LogP contribution in [-0.4, -0.2) is 75.5 Å². The van der Waals surface area contributed by atoms with Crippen molar-refractivity contribution in [2.45, 2.75) is 212 Å². The Bertz CT molecular complexity index is 1170. The van der Waals surface area contributed by atoms with Gasteiger partial charge in [0.15, 0.2) is 6.10 Å². The number of hydrogen-bond acceptors (Lipinski definition) is 7. The number of allylic oxidation sites excluding steroid dienone is 10. The summed E-state index contributed by atoms with van der Waals surface area (Å²) in [6.45, 7) is 4.50. The van der Waals surface area contributed by atoms with E-state index in [1.807, 2.05) is 0 Å². The average molecular weight is 842 g/mol. The van der Waals surface area contributed by atoms with Crippen LogP contribution in [0.4, 0.5) is 0 Å². The third kappa shape index (κ3) is 40.4. The van der Waals surface area contributed by atoms with Gasteiger partial charge < -0.3 is 28.6 Å². The van der Waals surface area contributed by atoms with Crippen molar-refractivity contribution in [3.63, 3.8) is 0 Å². The van der Waals surface area contributed by atoms with E-state index in [1.165, 1.54) is 103 Å². The summed E-state index contributed by atoms with van der Waals surface area (Å²) >= 11 is 0. The van der Waals surface area contributed by atoms with Crippen LogP contribution in [0.2, 0.25) is 0 Å². The van der Waals surface area contributed by atoms with E-state index in [0.717, 1.165) is 57.8 Å². The first-order valence-electron chi connectivity index (χ1n) is 24.3. The zero-order chi connectivity index (χ0) is 44.2. The highest BCUT2D eigenvalue weighted by Gasteiger charge is 2.25. The molecule has 2 unspecified atom stereocenters. The van der Waals surface area contributed by atoms with Gasteiger partial charge in [0.25, 0.3) is 0 Å². The average Bonchev–Trinajstić information content (AvgIpc) is 3.21. The van der Waals surface area contributed by atoms with Crippen LogP contribution in [0.1, 0.15) is 200 Å². The molecular weight excluding hydrogens is 751 g/mol. The molecule has 0 aliphatic heterocycles. The van der Waals surface area contributed by atoms with Gasteiger partial charge in [0, 0.05) is 19.3 Å². The van der Waals surface area contributed by atoms with Gasteiger partial charge in [-0.05, 0) is 51.4 Å². The molecule has 0 radical (unpaired) electrons. The Kier molecular flexibility index (Phi) is 40.6. The lowest BCUT2D eigenvalue weighted by Gasteiger charge is -2.34. The minimum absolute atomic E-state index is 0.0178. The Hall–Kier alpha value is -2.97. The van der Waals surface area contributed by atoms with E-state index in [9.17, 15) is 19.5 Å². The molecule has 0 aliphatic rings. The van der Waals surface area contributed by atoms with Crippen LogP contribution in [0.3, 0.4) is 0 Å². The van der Waals surface area contributed by atoms with Crippen LogP contribution in [0.5, 0.6) is 0 Å². The van der Waals surface area contributed by atoms with Gasteiger partial charge in [-0.2, -0.15) is 0 Å². The second-order valence-corrected chi connectivity index (χ2v) is 17.3. The van der Waals surface area contributed by atoms with Crippen molar-refractivity contribution >= 4 is 17.9 Å². The van der Waals surface area contributed by atoms with E-state index >= 15 is 0 Å². The predicted molar refractivity (Wildman–Crippen MR) is 249 cm³/mol. The summed E-state index contributed by atoms with van der Waals surface area (Å²) in [7, 11) is 5.39. The number of aliphatic carboxylic acids is 1. The number of likely N-dealkylation sites (N-methyl/N-ethyl adjacent to an activating group) is 1. The Labute approximate surface area is 368 Å². The van der Waals surface area contributed by atoms with Crippen LogP contribution in [0.25, 0.3) is 0 Å². The number of nitrogens with zero attached hydrogens (tertiary/aromatic N) is 1. The first-order valence-corrected chi connectivity index (χ1v) is 24.3. The maximum atomic E-state index is 12.7. The molecule has 346 valence electrons. The molecular formula is C52H91NO7. The summed E-state index contributed by atoms with van der Waals surface area (Å²) in [6, 6.07) is -0.737. The van der Waals surface area contributed by atoms with E-state index in [2.05, 4.69) is 74.6 Å². The molecule has 0 aromatic carbocycles. The van der Waals surface area contributed by atoms with Crippen molar-refractivity contribution < 1.29 is 38.2 Å². The first kappa shape index (κ1) is 57.0. The number of esters is 2. The molecule has 0 amide bonds. The minimum atomic E-state index is -1.13. The van der Waals surface area contributed by atoms with Crippen molar-refractivity contribution in [3.05, 3.63) is 60.8 Å². The van der Waals surface area contributed by atoms with Gasteiger partial charge in [0.1, 0.15) is 12.6 Å². The van der Waals surface area contributed by atoms with E-state index in [4.69, 9.17) is 14.2 Å². The van der Waals surface area contributed by atoms with Gasteiger partial charge in [0.05, 0.1) is 40.3 Å². The third-order valence-corrected chi connectivity index (χ3v) is 10.7. The molecule has 8 nitrogen and oxygen atoms in total. The van der Waals surface area contributed by atoms with Crippen molar-refractivity contribution in [1.82, 2.24) is 0 Å². The molecule has 2 atom stereocenters. The molecule has 0 saturated carbocycles. The smallest absolute Gasteiger partial charge is 0.306 e. The van der Waals surface area contributed by atoms with Gasteiger partial charge in [-0.25, -0.2) is 0 Å². The lowest BCUT2D eigenvalue weighted by atomic mass is 10.0. The Morgan fingerprint density at radius 2 is 0.933 bits per heavy atom. The van der Waals surface area contributed by atoms with Crippen molar-refractivity contribution in [1.29, 1.82) is 0 Å². The van der Waals surface area contributed by atoms with Gasteiger partial charge >= 0.3 is 11.9 Å². The topological polar surface area (TPSA) is 102 Å². The summed E-state index contributed by atoms with van der Waals surface area (Å²) < 4.78 is 17.2. The highest BCUT2D eigenvalue weighted by molar-refractivity contribution is 5.70. The molecule has 0 heterocycles. The molecule has 0 aromatic heterocycles. The molecule has 0 fully saturated rings. The summed E-state index contributed by atoms with van der Waals surface area (Å²) in [6.07, 6.45) is 52.6. The number of carboxylic acids is 1. The maximum absolute atomic E-state index is 12.7. The number of carbonyl (C=O) groups excluding carboxylic acids is 3. The fourth-order valence-corrected chi connectivity index (χ4v) is 6.93.